The first-order valence-electron chi connectivity index (χ1n) is 17.2. The summed E-state index contributed by atoms with van der Waals surface area (Å²) in [6.45, 7) is 0. The largest absolute Gasteiger partial charge is 0.453 e. The molecule has 51 heavy (non-hydrogen) atoms. The zero-order valence-electron chi connectivity index (χ0n) is 27.2. The third kappa shape index (κ3) is 3.48. The highest BCUT2D eigenvalue weighted by molar-refractivity contribution is 6.18. The van der Waals surface area contributed by atoms with Crippen molar-refractivity contribution in [2.75, 3.05) is 0 Å². The van der Waals surface area contributed by atoms with Gasteiger partial charge in [0.15, 0.2) is 17.1 Å². The quantitative estimate of drug-likeness (QED) is 0.190. The van der Waals surface area contributed by atoms with Gasteiger partial charge < -0.3 is 9.30 Å². The van der Waals surface area contributed by atoms with Crippen molar-refractivity contribution in [1.82, 2.24) is 23.1 Å². The molecule has 0 unspecified atom stereocenters. The zero-order chi connectivity index (χ0) is 33.2. The van der Waals surface area contributed by atoms with Crippen LogP contribution in [-0.4, -0.2) is 23.1 Å². The third-order valence-corrected chi connectivity index (χ3v) is 10.6. The molecule has 6 heteroatoms. The lowest BCUT2D eigenvalue weighted by Gasteiger charge is -2.21. The van der Waals surface area contributed by atoms with E-state index in [0.29, 0.717) is 0 Å². The Kier molecular flexibility index (Phi) is 5.14. The average Bonchev–Trinajstić information content (AvgIpc) is 3.91. The predicted molar refractivity (Wildman–Crippen MR) is 206 cm³/mol. The number of benzene rings is 7. The van der Waals surface area contributed by atoms with Gasteiger partial charge in [0.05, 0.1) is 33.3 Å². The topological polar surface area (TPSA) is 41.3 Å². The highest BCUT2D eigenvalue weighted by Crippen LogP contribution is 2.49. The molecule has 0 saturated carbocycles. The Balaban J connectivity index is 1.19. The summed E-state index contributed by atoms with van der Waals surface area (Å²) in [5.41, 5.74) is 13.1. The van der Waals surface area contributed by atoms with Gasteiger partial charge in [-0.15, -0.1) is 0 Å². The van der Waals surface area contributed by atoms with E-state index in [1.807, 2.05) is 12.1 Å². The summed E-state index contributed by atoms with van der Waals surface area (Å²) in [7, 11) is 0. The molecule has 0 saturated heterocycles. The van der Waals surface area contributed by atoms with E-state index in [-0.39, 0.29) is 0 Å². The Morgan fingerprint density at radius 2 is 1.12 bits per heavy atom. The van der Waals surface area contributed by atoms with Crippen molar-refractivity contribution in [2.24, 2.45) is 0 Å². The minimum Gasteiger partial charge on any atom is -0.453 e. The fourth-order valence-electron chi connectivity index (χ4n) is 8.48. The lowest BCUT2D eigenvalue weighted by atomic mass is 9.98. The summed E-state index contributed by atoms with van der Waals surface area (Å²) in [4.78, 5) is 5.46. The van der Waals surface area contributed by atoms with Gasteiger partial charge in [0, 0.05) is 27.5 Å². The fourth-order valence-corrected chi connectivity index (χ4v) is 8.48. The lowest BCUT2D eigenvalue weighted by Crippen LogP contribution is -2.03. The Morgan fingerprint density at radius 3 is 1.92 bits per heavy atom. The van der Waals surface area contributed by atoms with Crippen LogP contribution in [0, 0.1) is 0 Å². The van der Waals surface area contributed by atoms with Crippen LogP contribution in [0.5, 0.6) is 11.5 Å². The average molecular weight is 654 g/mol. The fraction of sp³-hybridized carbons (Fsp3) is 0. The first-order valence-corrected chi connectivity index (χ1v) is 17.2. The van der Waals surface area contributed by atoms with E-state index >= 15 is 0 Å². The monoisotopic (exact) mass is 653 g/mol. The highest BCUT2D eigenvalue weighted by atomic mass is 16.5. The number of imidazole rings is 2. The molecular weight excluding hydrogens is 627 g/mol. The second kappa shape index (κ2) is 9.77. The van der Waals surface area contributed by atoms with Crippen molar-refractivity contribution in [3.05, 3.63) is 164 Å². The van der Waals surface area contributed by atoms with E-state index in [1.54, 1.807) is 0 Å². The van der Waals surface area contributed by atoms with Gasteiger partial charge >= 0.3 is 0 Å². The summed E-state index contributed by atoms with van der Waals surface area (Å²) in [5.74, 6) is 2.61. The molecule has 0 bridgehead atoms. The van der Waals surface area contributed by atoms with Gasteiger partial charge in [-0.25, -0.2) is 0 Å². The van der Waals surface area contributed by atoms with Crippen molar-refractivity contribution in [3.8, 4) is 39.7 Å². The molecule has 5 heterocycles. The van der Waals surface area contributed by atoms with Gasteiger partial charge in [0.1, 0.15) is 5.52 Å². The maximum atomic E-state index is 6.52. The molecule has 0 aliphatic carbocycles. The Bertz CT molecular complexity index is 3220. The molecule has 12 rings (SSSR count). The molecular formula is C45H27N5O. The van der Waals surface area contributed by atoms with Gasteiger partial charge in [-0.1, -0.05) is 91.0 Å². The molecule has 0 radical (unpaired) electrons. The number of hydrogen-bond donors (Lipinski definition) is 0. The summed E-state index contributed by atoms with van der Waals surface area (Å²) in [6, 6.07) is 57.9. The number of hydrogen-bond acceptors (Lipinski definition) is 2. The molecule has 0 atom stereocenters. The maximum Gasteiger partial charge on any atom is 0.222 e. The summed E-state index contributed by atoms with van der Waals surface area (Å²) in [5, 5.41) is 3.56. The zero-order valence-corrected chi connectivity index (χ0v) is 27.2. The normalized spacial score (nSPS) is 12.5. The van der Waals surface area contributed by atoms with Crippen LogP contribution in [0.3, 0.4) is 0 Å². The number of fused-ring (bicyclic) bond motifs is 12. The van der Waals surface area contributed by atoms with Crippen LogP contribution in [0.15, 0.2) is 164 Å². The first-order chi connectivity index (χ1) is 25.3. The van der Waals surface area contributed by atoms with Crippen LogP contribution in [0.4, 0.5) is 0 Å². The number of rotatable bonds is 3. The van der Waals surface area contributed by atoms with Crippen molar-refractivity contribution in [3.63, 3.8) is 0 Å². The molecule has 0 fully saturated rings. The number of aromatic nitrogens is 5. The van der Waals surface area contributed by atoms with Gasteiger partial charge in [-0.2, -0.15) is 4.98 Å². The molecule has 1 aliphatic rings. The van der Waals surface area contributed by atoms with E-state index in [9.17, 15) is 0 Å². The van der Waals surface area contributed by atoms with Gasteiger partial charge in [-0.3, -0.25) is 13.5 Å². The summed E-state index contributed by atoms with van der Waals surface area (Å²) >= 11 is 0. The molecule has 7 aromatic carbocycles. The number of nitrogens with zero attached hydrogens (tertiary/aromatic N) is 5. The van der Waals surface area contributed by atoms with E-state index in [1.165, 1.54) is 21.7 Å². The van der Waals surface area contributed by atoms with Crippen LogP contribution >= 0.6 is 0 Å². The molecule has 11 aromatic rings. The van der Waals surface area contributed by atoms with E-state index < -0.39 is 0 Å². The standard InChI is InChI=1S/C45H27N5O/c1-3-13-29(14-4-1)47-35-20-10-8-18-33(35)42-44(47)46-45-48(30-15-5-2-6-16-30)38-27-28(23-25-36(38)50(42)45)31-24-26-40-43-41(31)32-17-7-9-19-34(32)49(43)37-21-11-12-22-39(37)51-40/h1-27H. The molecule has 0 N–H and O–H groups in total. The predicted octanol–water partition coefficient (Wildman–Crippen LogP) is 11.2. The molecule has 238 valence electrons. The van der Waals surface area contributed by atoms with Gasteiger partial charge in [0.2, 0.25) is 5.78 Å². The Morgan fingerprint density at radius 1 is 0.451 bits per heavy atom. The maximum absolute atomic E-state index is 6.52. The van der Waals surface area contributed by atoms with Crippen molar-refractivity contribution in [2.45, 2.75) is 0 Å². The van der Waals surface area contributed by atoms with Gasteiger partial charge in [0.25, 0.3) is 0 Å². The smallest absolute Gasteiger partial charge is 0.222 e. The second-order valence-electron chi connectivity index (χ2n) is 13.2. The van der Waals surface area contributed by atoms with Crippen molar-refractivity contribution in [1.29, 1.82) is 0 Å². The van der Waals surface area contributed by atoms with Crippen molar-refractivity contribution >= 4 is 60.7 Å². The molecule has 1 aliphatic heterocycles. The van der Waals surface area contributed by atoms with Crippen LogP contribution in [0.2, 0.25) is 0 Å². The second-order valence-corrected chi connectivity index (χ2v) is 13.2. The van der Waals surface area contributed by atoms with E-state index in [2.05, 4.69) is 170 Å². The van der Waals surface area contributed by atoms with Crippen LogP contribution in [-0.2, 0) is 0 Å². The van der Waals surface area contributed by atoms with E-state index in [0.717, 1.165) is 78.7 Å². The van der Waals surface area contributed by atoms with Crippen LogP contribution in [0.25, 0.3) is 88.9 Å². The SMILES string of the molecule is c1ccc(-n2c3ccccc3c3c2nc2n(-c4ccccc4)c4cc(-c5ccc6c7c5c5ccccc5n7-c5ccccc5O6)ccc4n32)cc1. The minimum atomic E-state index is 0.866. The number of ether oxygens (including phenoxy) is 1. The third-order valence-electron chi connectivity index (χ3n) is 10.6. The molecule has 4 aromatic heterocycles. The van der Waals surface area contributed by atoms with Gasteiger partial charge in [-0.05, 0) is 83.9 Å². The summed E-state index contributed by atoms with van der Waals surface area (Å²) in [6.07, 6.45) is 0. The van der Waals surface area contributed by atoms with Crippen LogP contribution in [0.1, 0.15) is 0 Å². The Labute approximate surface area is 291 Å². The van der Waals surface area contributed by atoms with Crippen molar-refractivity contribution < 1.29 is 4.74 Å². The molecule has 0 spiro atoms. The van der Waals surface area contributed by atoms with E-state index in [4.69, 9.17) is 9.72 Å². The highest BCUT2D eigenvalue weighted by Gasteiger charge is 2.27. The minimum absolute atomic E-state index is 0.866. The molecule has 6 nitrogen and oxygen atoms in total. The summed E-state index contributed by atoms with van der Waals surface area (Å²) < 4.78 is 15.8. The van der Waals surface area contributed by atoms with Crippen LogP contribution < -0.4 is 4.74 Å². The number of para-hydroxylation sites is 6. The first kappa shape index (κ1) is 26.9. The molecule has 0 amide bonds. The lowest BCUT2D eigenvalue weighted by molar-refractivity contribution is 0.476. The Hall–Kier alpha value is -7.05.